The summed E-state index contributed by atoms with van der Waals surface area (Å²) in [5.74, 6) is 5.99. The summed E-state index contributed by atoms with van der Waals surface area (Å²) in [5, 5.41) is 11.8. The van der Waals surface area contributed by atoms with E-state index in [1.165, 1.54) is 34.5 Å². The molecule has 4 heterocycles. The third-order valence-corrected chi connectivity index (χ3v) is 9.39. The van der Waals surface area contributed by atoms with Crippen molar-refractivity contribution in [1.29, 1.82) is 5.26 Å². The molecule has 2 saturated heterocycles. The second-order valence-electron chi connectivity index (χ2n) is 12.2. The van der Waals surface area contributed by atoms with Gasteiger partial charge in [-0.3, -0.25) is 9.69 Å². The van der Waals surface area contributed by atoms with Gasteiger partial charge in [0.25, 0.3) is 5.91 Å². The van der Waals surface area contributed by atoms with Crippen LogP contribution in [0, 0.1) is 30.1 Å². The number of allylic oxidation sites excluding steroid dienone is 1. The molecule has 2 unspecified atom stereocenters. The van der Waals surface area contributed by atoms with E-state index in [-0.39, 0.29) is 11.9 Å². The summed E-state index contributed by atoms with van der Waals surface area (Å²) in [7, 11) is 2.13. The Morgan fingerprint density at radius 3 is 2.61 bits per heavy atom. The van der Waals surface area contributed by atoms with Crippen LogP contribution in [0.25, 0.3) is 10.8 Å². The first kappa shape index (κ1) is 31.1. The fourth-order valence-electron chi connectivity index (χ4n) is 7.00. The van der Waals surface area contributed by atoms with Crippen LogP contribution in [0.4, 0.5) is 11.5 Å². The van der Waals surface area contributed by atoms with Gasteiger partial charge in [0.1, 0.15) is 5.82 Å². The number of hydrogen-bond acceptors (Lipinski definition) is 8. The summed E-state index contributed by atoms with van der Waals surface area (Å²) >= 11 is 0. The van der Waals surface area contributed by atoms with Crippen molar-refractivity contribution in [3.63, 3.8) is 0 Å². The summed E-state index contributed by atoms with van der Waals surface area (Å²) < 4.78 is 6.11. The predicted molar refractivity (Wildman–Crippen MR) is 182 cm³/mol. The Kier molecular flexibility index (Phi) is 9.51. The topological polar surface area (TPSA) is 88.8 Å². The summed E-state index contributed by atoms with van der Waals surface area (Å²) in [4.78, 5) is 31.6. The molecule has 2 atom stereocenters. The third-order valence-electron chi connectivity index (χ3n) is 9.39. The van der Waals surface area contributed by atoms with Crippen LogP contribution in [0.1, 0.15) is 36.6 Å². The number of aromatic nitrogens is 2. The van der Waals surface area contributed by atoms with E-state index in [4.69, 9.17) is 14.7 Å². The van der Waals surface area contributed by atoms with Crippen molar-refractivity contribution in [3.8, 4) is 23.9 Å². The SMILES string of the molecule is CC#CC(=O)N1CCN(c2nc(O/C=C/C3CCCN3C)nc3c2CCN(c2cccc4cccc(C)c24)CC3)CC1/C=C/C#N. The van der Waals surface area contributed by atoms with Crippen LogP contribution in [-0.2, 0) is 17.6 Å². The first-order chi connectivity index (χ1) is 22.5. The van der Waals surface area contributed by atoms with Crippen molar-refractivity contribution in [2.24, 2.45) is 0 Å². The second kappa shape index (κ2) is 14.1. The highest BCUT2D eigenvalue weighted by Gasteiger charge is 2.32. The molecule has 9 heteroatoms. The number of likely N-dealkylation sites (tertiary alicyclic amines) is 1. The molecule has 3 aliphatic rings. The van der Waals surface area contributed by atoms with Gasteiger partial charge in [-0.2, -0.15) is 15.2 Å². The minimum atomic E-state index is -0.310. The van der Waals surface area contributed by atoms with Gasteiger partial charge >= 0.3 is 6.01 Å². The molecule has 6 rings (SSSR count). The Labute approximate surface area is 271 Å². The zero-order valence-corrected chi connectivity index (χ0v) is 26.9. The molecule has 0 radical (unpaired) electrons. The number of nitriles is 1. The number of anilines is 2. The van der Waals surface area contributed by atoms with E-state index in [2.05, 4.69) is 89.1 Å². The van der Waals surface area contributed by atoms with Crippen LogP contribution in [0.5, 0.6) is 6.01 Å². The fourth-order valence-corrected chi connectivity index (χ4v) is 7.00. The van der Waals surface area contributed by atoms with Gasteiger partial charge in [-0.15, -0.1) is 0 Å². The average Bonchev–Trinajstić information content (AvgIpc) is 3.35. The van der Waals surface area contributed by atoms with E-state index in [0.717, 1.165) is 56.0 Å². The van der Waals surface area contributed by atoms with Crippen LogP contribution in [0.15, 0.2) is 60.9 Å². The smallest absolute Gasteiger partial charge is 0.323 e. The number of likely N-dealkylation sites (N-methyl/N-ethyl adjacent to an activating group) is 1. The maximum Gasteiger partial charge on any atom is 0.323 e. The number of ether oxygens (including phenoxy) is 1. The van der Waals surface area contributed by atoms with E-state index in [1.54, 1.807) is 24.2 Å². The zero-order chi connectivity index (χ0) is 32.0. The van der Waals surface area contributed by atoms with Crippen molar-refractivity contribution < 1.29 is 9.53 Å². The molecule has 9 nitrogen and oxygen atoms in total. The van der Waals surface area contributed by atoms with Crippen molar-refractivity contribution in [3.05, 3.63) is 77.7 Å². The predicted octanol–water partition coefficient (Wildman–Crippen LogP) is 4.65. The lowest BCUT2D eigenvalue weighted by molar-refractivity contribution is -0.126. The van der Waals surface area contributed by atoms with Gasteiger partial charge in [-0.25, -0.2) is 0 Å². The highest BCUT2D eigenvalue weighted by molar-refractivity contribution is 5.97. The van der Waals surface area contributed by atoms with Gasteiger partial charge in [0, 0.05) is 67.9 Å². The maximum atomic E-state index is 12.8. The first-order valence-electron chi connectivity index (χ1n) is 16.2. The first-order valence-corrected chi connectivity index (χ1v) is 16.2. The number of fused-ring (bicyclic) bond motifs is 2. The van der Waals surface area contributed by atoms with E-state index in [0.29, 0.717) is 31.7 Å². The number of carbonyl (C=O) groups is 1. The minimum absolute atomic E-state index is 0.233. The number of piperazine rings is 1. The quantitative estimate of drug-likeness (QED) is 0.225. The van der Waals surface area contributed by atoms with E-state index >= 15 is 0 Å². The molecule has 0 saturated carbocycles. The standard InChI is InChI=1S/C37H41N7O2/c1-4-9-34(45)44-24-23-43(26-30(44)13-7-19-38)36-31-16-21-42(33-15-6-12-28-11-5-10-27(2)35(28)33)22-17-32(31)39-37(40-36)46-25-18-29-14-8-20-41(29)3/h5-7,10-13,15,18,25,29-30H,8,14,16-17,20-24,26H2,1-3H3/b13-7+,25-18+. The second-order valence-corrected chi connectivity index (χ2v) is 12.2. The molecule has 0 aliphatic carbocycles. The summed E-state index contributed by atoms with van der Waals surface area (Å²) in [5.41, 5.74) is 4.61. The van der Waals surface area contributed by atoms with Gasteiger partial charge in [-0.05, 0) is 81.8 Å². The van der Waals surface area contributed by atoms with Gasteiger partial charge < -0.3 is 19.4 Å². The van der Waals surface area contributed by atoms with Crippen LogP contribution >= 0.6 is 0 Å². The van der Waals surface area contributed by atoms with Gasteiger partial charge in [-0.1, -0.05) is 36.3 Å². The Balaban J connectivity index is 1.33. The van der Waals surface area contributed by atoms with E-state index in [1.807, 2.05) is 0 Å². The van der Waals surface area contributed by atoms with Gasteiger partial charge in [0.2, 0.25) is 0 Å². The van der Waals surface area contributed by atoms with Crippen LogP contribution in [0.3, 0.4) is 0 Å². The molecule has 236 valence electrons. The zero-order valence-electron chi connectivity index (χ0n) is 26.9. The number of nitrogens with zero attached hydrogens (tertiary/aromatic N) is 7. The van der Waals surface area contributed by atoms with Crippen LogP contribution < -0.4 is 14.5 Å². The normalized spacial score (nSPS) is 20.4. The highest BCUT2D eigenvalue weighted by Crippen LogP contribution is 2.34. The summed E-state index contributed by atoms with van der Waals surface area (Å²) in [6, 6.07) is 15.5. The largest absolute Gasteiger partial charge is 0.432 e. The monoisotopic (exact) mass is 615 g/mol. The lowest BCUT2D eigenvalue weighted by Crippen LogP contribution is -2.54. The Morgan fingerprint density at radius 1 is 1.00 bits per heavy atom. The molecule has 3 aliphatic heterocycles. The van der Waals surface area contributed by atoms with Gasteiger partial charge in [0.05, 0.1) is 24.1 Å². The molecular weight excluding hydrogens is 574 g/mol. The number of carbonyl (C=O) groups excluding carboxylic acids is 1. The lowest BCUT2D eigenvalue weighted by atomic mass is 10.0. The number of rotatable bonds is 6. The highest BCUT2D eigenvalue weighted by atomic mass is 16.5. The molecule has 2 fully saturated rings. The van der Waals surface area contributed by atoms with Crippen molar-refractivity contribution in [2.75, 3.05) is 56.1 Å². The molecule has 0 N–H and O–H groups in total. The Hall–Kier alpha value is -4.86. The molecule has 0 bridgehead atoms. The summed E-state index contributed by atoms with van der Waals surface area (Å²) in [6.45, 7) is 8.13. The number of aryl methyl sites for hydroxylation is 1. The molecule has 3 aromatic rings. The molecule has 1 aromatic heterocycles. The van der Waals surface area contributed by atoms with Crippen molar-refractivity contribution in [1.82, 2.24) is 19.8 Å². The lowest BCUT2D eigenvalue weighted by Gasteiger charge is -2.40. The Bertz CT molecular complexity index is 1760. The number of benzene rings is 2. The third kappa shape index (κ3) is 6.56. The van der Waals surface area contributed by atoms with E-state index in [9.17, 15) is 10.1 Å². The molecule has 46 heavy (non-hydrogen) atoms. The number of hydrogen-bond donors (Lipinski definition) is 0. The fraction of sp³-hybridized carbons (Fsp3) is 0.405. The average molecular weight is 616 g/mol. The van der Waals surface area contributed by atoms with Crippen LogP contribution in [-0.4, -0.2) is 84.1 Å². The van der Waals surface area contributed by atoms with Crippen LogP contribution in [0.2, 0.25) is 0 Å². The molecule has 0 spiro atoms. The molecule has 2 aromatic carbocycles. The minimum Gasteiger partial charge on any atom is -0.432 e. The number of amides is 1. The van der Waals surface area contributed by atoms with Gasteiger partial charge in [0.15, 0.2) is 0 Å². The Morgan fingerprint density at radius 2 is 1.83 bits per heavy atom. The summed E-state index contributed by atoms with van der Waals surface area (Å²) in [6.07, 6.45) is 10.9. The van der Waals surface area contributed by atoms with Crippen molar-refractivity contribution >= 4 is 28.2 Å². The van der Waals surface area contributed by atoms with E-state index < -0.39 is 0 Å². The molecule has 1 amide bonds. The van der Waals surface area contributed by atoms with Crippen molar-refractivity contribution in [2.45, 2.75) is 51.6 Å². The maximum absolute atomic E-state index is 12.8. The molecular formula is C37H41N7O2.